The second-order valence-corrected chi connectivity index (χ2v) is 4.22. The first kappa shape index (κ1) is 13.9. The maximum Gasteiger partial charge on any atom is 0.0515 e. The Kier molecular flexibility index (Phi) is 9.45. The number of hydrogen-bond acceptors (Lipinski definition) is 11. The van der Waals surface area contributed by atoms with E-state index in [1.807, 2.05) is 0 Å². The van der Waals surface area contributed by atoms with Gasteiger partial charge in [0.2, 0.25) is 0 Å². The van der Waals surface area contributed by atoms with Gasteiger partial charge in [0.15, 0.2) is 0 Å². The lowest BCUT2D eigenvalue weighted by molar-refractivity contribution is -0.639. The average molecular weight is 280 g/mol. The van der Waals surface area contributed by atoms with E-state index in [-0.39, 0.29) is 5.34 Å². The zero-order valence-corrected chi connectivity index (χ0v) is 9.35. The summed E-state index contributed by atoms with van der Waals surface area (Å²) in [6.07, 6.45) is 0. The highest BCUT2D eigenvalue weighted by atomic mass is 33.1. The predicted octanol–water partition coefficient (Wildman–Crippen LogP) is 0.561. The van der Waals surface area contributed by atoms with E-state index in [4.69, 9.17) is 5.53 Å². The second kappa shape index (κ2) is 9.49. The largest absolute Gasteiger partial charge is 0.297 e. The molecule has 82 valence electrons. The first-order valence-corrected chi connectivity index (χ1v) is 5.74. The summed E-state index contributed by atoms with van der Waals surface area (Å²) in [5.41, 5.74) is 6.25. The van der Waals surface area contributed by atoms with Crippen LogP contribution in [-0.4, -0.2) is 5.34 Å². The molecule has 0 bridgehead atoms. The maximum atomic E-state index is 6.25. The molecule has 0 atom stereocenters. The molecule has 0 saturated heterocycles. The van der Waals surface area contributed by atoms with Gasteiger partial charge in [0.05, 0.1) is 5.34 Å². The van der Waals surface area contributed by atoms with Gasteiger partial charge in [0, 0.05) is 18.1 Å². The van der Waals surface area contributed by atoms with Crippen LogP contribution in [0.4, 0.5) is 0 Å². The van der Waals surface area contributed by atoms with Crippen molar-refractivity contribution < 1.29 is 23.7 Å². The average Bonchev–Trinajstić information content (AvgIpc) is 2.16. The van der Waals surface area contributed by atoms with Crippen LogP contribution in [0, 0.1) is 5.53 Å². The van der Waals surface area contributed by atoms with Crippen LogP contribution in [-0.2, 0) is 54.4 Å². The normalized spacial score (nSPS) is 11.0. The van der Waals surface area contributed by atoms with E-state index in [2.05, 4.69) is 74.6 Å². The van der Waals surface area contributed by atoms with Crippen LogP contribution in [0.1, 0.15) is 0 Å². The molecule has 0 heterocycles. The standard InChI is InChI=1S/H2N5O5S4/c1-2-3-4-5(6-8-9-11)7-10-14(12)13/h1,11H/q-1/b2-1?,4-3+. The van der Waals surface area contributed by atoms with Gasteiger partial charge in [-0.15, -0.1) is 4.33 Å². The van der Waals surface area contributed by atoms with E-state index in [1.165, 1.54) is 0 Å². The van der Waals surface area contributed by atoms with E-state index in [1.54, 1.807) is 0 Å². The molecule has 0 aliphatic rings. The molecule has 10 nitrogen and oxygen atoms in total. The first-order valence-electron chi connectivity index (χ1n) is 2.37. The van der Waals surface area contributed by atoms with Crippen molar-refractivity contribution in [3.63, 3.8) is 0 Å². The molecule has 0 aromatic carbocycles. The van der Waals surface area contributed by atoms with Crippen molar-refractivity contribution in [1.82, 2.24) is 5.34 Å². The predicted molar refractivity (Wildman–Crippen MR) is 48.3 cm³/mol. The molecule has 0 amide bonds. The summed E-state index contributed by atoms with van der Waals surface area (Å²) in [6.45, 7) is 0. The third-order valence-corrected chi connectivity index (χ3v) is 0.998. The van der Waals surface area contributed by atoms with Crippen LogP contribution < -0.4 is 0 Å². The number of thiol groups is 1. The molecule has 0 spiro atoms. The fraction of sp³-hybridized carbons (Fsp3) is 0. The lowest BCUT2D eigenvalue weighted by Crippen LogP contribution is -2.17. The van der Waals surface area contributed by atoms with Crippen LogP contribution in [0.5, 0.6) is 0 Å². The molecule has 0 unspecified atom stereocenters. The fourth-order valence-electron chi connectivity index (χ4n) is 0.185. The van der Waals surface area contributed by atoms with E-state index in [0.29, 0.717) is 0 Å². The number of hydrogen-bond donors (Lipinski definition) is 2. The molecule has 14 heavy (non-hydrogen) atoms. The Hall–Kier alpha value is -0.0600. The molecule has 0 rings (SSSR count). The Labute approximate surface area is 93.9 Å². The summed E-state index contributed by atoms with van der Waals surface area (Å²) < 4.78 is 7.96. The zero-order chi connectivity index (χ0) is 10.8. The fourth-order valence-corrected chi connectivity index (χ4v) is 0.463. The van der Waals surface area contributed by atoms with Crippen LogP contribution >= 0.6 is 12.9 Å². The van der Waals surface area contributed by atoms with Gasteiger partial charge in [-0.3, -0.25) is 4.33 Å². The smallest absolute Gasteiger partial charge is 0.0515 e. The first-order chi connectivity index (χ1) is 6.70. The van der Waals surface area contributed by atoms with Gasteiger partial charge < -0.3 is 0 Å². The molecule has 0 fully saturated rings. The van der Waals surface area contributed by atoms with E-state index in [9.17, 15) is 0 Å². The van der Waals surface area contributed by atoms with Crippen molar-refractivity contribution in [3.05, 3.63) is 0 Å². The minimum atomic E-state index is -1.32. The quantitative estimate of drug-likeness (QED) is 0.166. The highest BCUT2D eigenvalue weighted by Gasteiger charge is 2.03. The zero-order valence-electron chi connectivity index (χ0n) is 6.00. The summed E-state index contributed by atoms with van der Waals surface area (Å²) >= 11 is 12.0. The topological polar surface area (TPSA) is 110 Å². The minimum absolute atomic E-state index is 0.146. The molecule has 0 aromatic heterocycles. The van der Waals surface area contributed by atoms with Gasteiger partial charge in [0.1, 0.15) is 0 Å². The molecule has 0 saturated carbocycles. The monoisotopic (exact) mass is 280 g/mol. The van der Waals surface area contributed by atoms with E-state index < -0.39 is 8.29 Å². The Bertz CT molecular complexity index is 243. The lowest BCUT2D eigenvalue weighted by Gasteiger charge is -2.11. The summed E-state index contributed by atoms with van der Waals surface area (Å²) in [6, 6.07) is 0. The Morgan fingerprint density at radius 2 is 2.07 bits per heavy atom. The molecule has 0 aromatic rings. The molecule has 0 aliphatic carbocycles. The van der Waals surface area contributed by atoms with Gasteiger partial charge >= 0.3 is 0 Å². The van der Waals surface area contributed by atoms with Crippen LogP contribution in [0.25, 0.3) is 0 Å². The summed E-state index contributed by atoms with van der Waals surface area (Å²) in [7, 11) is -1.32. The van der Waals surface area contributed by atoms with E-state index >= 15 is 0 Å². The van der Waals surface area contributed by atoms with Gasteiger partial charge in [-0.25, -0.2) is 22.4 Å². The van der Waals surface area contributed by atoms with Crippen LogP contribution in [0.3, 0.4) is 0 Å². The highest BCUT2D eigenvalue weighted by Crippen LogP contribution is 1.98. The molecular formula is H2N5O5S4-. The molecule has 0 aliphatic heterocycles. The number of nitrogens with zero attached hydrogens (tertiary/aromatic N) is 4. The number of nitrogens with one attached hydrogen (secondary N) is 1. The molecule has 1 N–H and O–H groups in total. The molecule has 0 radical (unpaired) electrons. The van der Waals surface area contributed by atoms with Gasteiger partial charge in [0.25, 0.3) is 0 Å². The van der Waals surface area contributed by atoms with Gasteiger partial charge in [-0.2, -0.15) is 13.8 Å². The van der Waals surface area contributed by atoms with Crippen molar-refractivity contribution in [2.24, 2.45) is 15.7 Å². The Balaban J connectivity index is 3.95. The summed E-state index contributed by atoms with van der Waals surface area (Å²) in [5.74, 6) is 0. The Morgan fingerprint density at radius 1 is 1.36 bits per heavy atom. The van der Waals surface area contributed by atoms with Crippen molar-refractivity contribution in [1.29, 1.82) is 5.53 Å². The second-order valence-electron chi connectivity index (χ2n) is 1.08. The van der Waals surface area contributed by atoms with Crippen molar-refractivity contribution in [3.8, 4) is 0 Å². The van der Waals surface area contributed by atoms with Crippen molar-refractivity contribution >= 4 is 43.6 Å². The molecular weight excluding hydrogens is 278 g/mol. The summed E-state index contributed by atoms with van der Waals surface area (Å²) in [5, 5.41) is 12.2. The Morgan fingerprint density at radius 3 is 2.57 bits per heavy atom. The minimum Gasteiger partial charge on any atom is -0.297 e. The van der Waals surface area contributed by atoms with Crippen LogP contribution in [0.2, 0.25) is 0 Å². The third kappa shape index (κ3) is 8.53. The number of rotatable bonds is 8. The molecule has 14 heteroatoms. The van der Waals surface area contributed by atoms with Crippen LogP contribution in [0.15, 0.2) is 15.7 Å². The lowest BCUT2D eigenvalue weighted by atomic mass is 12.4. The summed E-state index contributed by atoms with van der Waals surface area (Å²) in [4.78, 5) is 8.22. The van der Waals surface area contributed by atoms with Crippen molar-refractivity contribution in [2.45, 2.75) is 0 Å². The van der Waals surface area contributed by atoms with Crippen molar-refractivity contribution in [2.75, 3.05) is 0 Å². The van der Waals surface area contributed by atoms with Gasteiger partial charge in [-0.1, -0.05) is 4.99 Å². The maximum absolute atomic E-state index is 6.25. The van der Waals surface area contributed by atoms with E-state index in [0.717, 1.165) is 0 Å². The third-order valence-electron chi connectivity index (χ3n) is 0.432. The van der Waals surface area contributed by atoms with Gasteiger partial charge in [-0.05, 0) is 20.5 Å². The highest BCUT2D eigenvalue weighted by molar-refractivity contribution is 8.44. The SMILES string of the molecule is N=N/N=N/N(OOOS)OO[S-](=S)=S.